The van der Waals surface area contributed by atoms with Crippen LogP contribution in [0.15, 0.2) is 36.7 Å². The first-order valence-corrected chi connectivity index (χ1v) is 6.02. The van der Waals surface area contributed by atoms with Crippen molar-refractivity contribution < 1.29 is 4.92 Å². The van der Waals surface area contributed by atoms with Gasteiger partial charge in [0.15, 0.2) is 0 Å². The van der Waals surface area contributed by atoms with Gasteiger partial charge in [0, 0.05) is 37.6 Å². The SMILES string of the molecule is CC(NCc1nccn1C)c1cccc([N+](=O)[O-])c1. The number of aryl methyl sites for hydroxylation is 1. The summed E-state index contributed by atoms with van der Waals surface area (Å²) in [4.78, 5) is 14.6. The molecule has 1 heterocycles. The molecule has 0 fully saturated rings. The molecule has 0 saturated carbocycles. The van der Waals surface area contributed by atoms with Crippen molar-refractivity contribution in [2.75, 3.05) is 0 Å². The lowest BCUT2D eigenvalue weighted by Gasteiger charge is -2.13. The maximum Gasteiger partial charge on any atom is 0.269 e. The van der Waals surface area contributed by atoms with Gasteiger partial charge in [0.25, 0.3) is 5.69 Å². The van der Waals surface area contributed by atoms with Gasteiger partial charge in [-0.2, -0.15) is 0 Å². The standard InChI is InChI=1S/C13H16N4O2/c1-10(15-9-13-14-6-7-16(13)2)11-4-3-5-12(8-11)17(18)19/h3-8,10,15H,9H2,1-2H3. The normalized spacial score (nSPS) is 12.3. The summed E-state index contributed by atoms with van der Waals surface area (Å²) in [6.07, 6.45) is 3.63. The number of benzene rings is 1. The molecule has 0 aliphatic heterocycles. The van der Waals surface area contributed by atoms with E-state index in [9.17, 15) is 10.1 Å². The Kier molecular flexibility index (Phi) is 3.91. The summed E-state index contributed by atoms with van der Waals surface area (Å²) in [6, 6.07) is 6.69. The number of non-ortho nitro benzene ring substituents is 1. The Morgan fingerprint density at radius 3 is 2.95 bits per heavy atom. The predicted molar refractivity (Wildman–Crippen MR) is 71.6 cm³/mol. The van der Waals surface area contributed by atoms with E-state index in [2.05, 4.69) is 10.3 Å². The quantitative estimate of drug-likeness (QED) is 0.660. The molecule has 1 unspecified atom stereocenters. The molecule has 1 aromatic heterocycles. The number of rotatable bonds is 5. The zero-order valence-electron chi connectivity index (χ0n) is 10.9. The topological polar surface area (TPSA) is 73.0 Å². The van der Waals surface area contributed by atoms with Crippen molar-refractivity contribution in [3.05, 3.63) is 58.2 Å². The summed E-state index contributed by atoms with van der Waals surface area (Å²) in [5.74, 6) is 0.928. The second-order valence-corrected chi connectivity index (χ2v) is 4.41. The minimum atomic E-state index is -0.380. The average molecular weight is 260 g/mol. The molecule has 2 rings (SSSR count). The van der Waals surface area contributed by atoms with Crippen LogP contribution in [0, 0.1) is 10.1 Å². The predicted octanol–water partition coefficient (Wildman–Crippen LogP) is 2.18. The summed E-state index contributed by atoms with van der Waals surface area (Å²) < 4.78 is 1.94. The molecular formula is C13H16N4O2. The monoisotopic (exact) mass is 260 g/mol. The van der Waals surface area contributed by atoms with Gasteiger partial charge >= 0.3 is 0 Å². The molecule has 6 heteroatoms. The molecule has 0 aliphatic carbocycles. The van der Waals surface area contributed by atoms with Crippen LogP contribution >= 0.6 is 0 Å². The smallest absolute Gasteiger partial charge is 0.269 e. The fourth-order valence-corrected chi connectivity index (χ4v) is 1.84. The summed E-state index contributed by atoms with van der Waals surface area (Å²) in [5, 5.41) is 14.0. The van der Waals surface area contributed by atoms with E-state index in [4.69, 9.17) is 0 Å². The third-order valence-electron chi connectivity index (χ3n) is 3.07. The molecule has 2 aromatic rings. The van der Waals surface area contributed by atoms with Crippen LogP contribution in [-0.2, 0) is 13.6 Å². The van der Waals surface area contributed by atoms with Crippen molar-refractivity contribution in [3.63, 3.8) is 0 Å². The maximum atomic E-state index is 10.7. The summed E-state index contributed by atoms with van der Waals surface area (Å²) >= 11 is 0. The van der Waals surface area contributed by atoms with E-state index < -0.39 is 0 Å². The van der Waals surface area contributed by atoms with Crippen LogP contribution in [0.3, 0.4) is 0 Å². The molecule has 1 N–H and O–H groups in total. The molecule has 0 aliphatic rings. The van der Waals surface area contributed by atoms with Crippen molar-refractivity contribution in [1.82, 2.24) is 14.9 Å². The van der Waals surface area contributed by atoms with E-state index in [0.29, 0.717) is 6.54 Å². The number of nitrogens with one attached hydrogen (secondary N) is 1. The van der Waals surface area contributed by atoms with Gasteiger partial charge in [-0.3, -0.25) is 10.1 Å². The van der Waals surface area contributed by atoms with Gasteiger partial charge in [-0.05, 0) is 12.5 Å². The highest BCUT2D eigenvalue weighted by Crippen LogP contribution is 2.19. The van der Waals surface area contributed by atoms with E-state index in [1.807, 2.05) is 30.8 Å². The van der Waals surface area contributed by atoms with E-state index >= 15 is 0 Å². The lowest BCUT2D eigenvalue weighted by atomic mass is 10.1. The van der Waals surface area contributed by atoms with Crippen molar-refractivity contribution in [2.45, 2.75) is 19.5 Å². The van der Waals surface area contributed by atoms with Crippen LogP contribution in [0.5, 0.6) is 0 Å². The van der Waals surface area contributed by atoms with E-state index in [1.54, 1.807) is 18.3 Å². The number of nitro benzene ring substituents is 1. The van der Waals surface area contributed by atoms with Crippen LogP contribution in [0.1, 0.15) is 24.4 Å². The first-order valence-electron chi connectivity index (χ1n) is 6.02. The highest BCUT2D eigenvalue weighted by Gasteiger charge is 2.11. The number of hydrogen-bond acceptors (Lipinski definition) is 4. The minimum absolute atomic E-state index is 0.0246. The van der Waals surface area contributed by atoms with Gasteiger partial charge in [-0.1, -0.05) is 12.1 Å². The van der Waals surface area contributed by atoms with E-state index in [0.717, 1.165) is 11.4 Å². The minimum Gasteiger partial charge on any atom is -0.337 e. The molecule has 0 saturated heterocycles. The van der Waals surface area contributed by atoms with Gasteiger partial charge in [0.2, 0.25) is 0 Å². The molecule has 19 heavy (non-hydrogen) atoms. The lowest BCUT2D eigenvalue weighted by Crippen LogP contribution is -2.20. The molecule has 100 valence electrons. The lowest BCUT2D eigenvalue weighted by molar-refractivity contribution is -0.384. The van der Waals surface area contributed by atoms with Gasteiger partial charge in [0.1, 0.15) is 5.82 Å². The Bertz CT molecular complexity index is 580. The Morgan fingerprint density at radius 1 is 1.53 bits per heavy atom. The highest BCUT2D eigenvalue weighted by atomic mass is 16.6. The molecule has 0 bridgehead atoms. The third-order valence-corrected chi connectivity index (χ3v) is 3.07. The van der Waals surface area contributed by atoms with Crippen molar-refractivity contribution >= 4 is 5.69 Å². The van der Waals surface area contributed by atoms with Crippen LogP contribution in [-0.4, -0.2) is 14.5 Å². The van der Waals surface area contributed by atoms with Crippen LogP contribution in [0.25, 0.3) is 0 Å². The zero-order chi connectivity index (χ0) is 13.8. The second-order valence-electron chi connectivity index (χ2n) is 4.41. The highest BCUT2D eigenvalue weighted by molar-refractivity contribution is 5.35. The molecule has 0 radical (unpaired) electrons. The maximum absolute atomic E-state index is 10.7. The van der Waals surface area contributed by atoms with Gasteiger partial charge in [-0.25, -0.2) is 4.98 Å². The Morgan fingerprint density at radius 2 is 2.32 bits per heavy atom. The molecule has 1 atom stereocenters. The fourth-order valence-electron chi connectivity index (χ4n) is 1.84. The Balaban J connectivity index is 2.03. The first kappa shape index (κ1) is 13.2. The van der Waals surface area contributed by atoms with E-state index in [-0.39, 0.29) is 16.7 Å². The van der Waals surface area contributed by atoms with Crippen molar-refractivity contribution in [3.8, 4) is 0 Å². The summed E-state index contributed by atoms with van der Waals surface area (Å²) in [5.41, 5.74) is 1.01. The van der Waals surface area contributed by atoms with Crippen LogP contribution < -0.4 is 5.32 Å². The van der Waals surface area contributed by atoms with Crippen molar-refractivity contribution in [1.29, 1.82) is 0 Å². The number of hydrogen-bond donors (Lipinski definition) is 1. The third kappa shape index (κ3) is 3.17. The van der Waals surface area contributed by atoms with Crippen molar-refractivity contribution in [2.24, 2.45) is 7.05 Å². The summed E-state index contributed by atoms with van der Waals surface area (Å²) in [7, 11) is 1.93. The zero-order valence-corrected chi connectivity index (χ0v) is 10.9. The average Bonchev–Trinajstić information content (AvgIpc) is 2.81. The van der Waals surface area contributed by atoms with Gasteiger partial charge in [-0.15, -0.1) is 0 Å². The van der Waals surface area contributed by atoms with Gasteiger partial charge in [0.05, 0.1) is 11.5 Å². The molecule has 6 nitrogen and oxygen atoms in total. The number of aromatic nitrogens is 2. The fraction of sp³-hybridized carbons (Fsp3) is 0.308. The Hall–Kier alpha value is -2.21. The number of imidazole rings is 1. The van der Waals surface area contributed by atoms with Gasteiger partial charge < -0.3 is 9.88 Å². The molecule has 1 aromatic carbocycles. The number of nitro groups is 1. The molecule has 0 amide bonds. The summed E-state index contributed by atoms with van der Waals surface area (Å²) in [6.45, 7) is 2.59. The molecular weight excluding hydrogens is 244 g/mol. The largest absolute Gasteiger partial charge is 0.337 e. The molecule has 0 spiro atoms. The van der Waals surface area contributed by atoms with E-state index in [1.165, 1.54) is 6.07 Å². The Labute approximate surface area is 111 Å². The first-order chi connectivity index (χ1) is 9.08. The van der Waals surface area contributed by atoms with Crippen LogP contribution in [0.4, 0.5) is 5.69 Å². The second kappa shape index (κ2) is 5.62. The van der Waals surface area contributed by atoms with Crippen LogP contribution in [0.2, 0.25) is 0 Å². The number of nitrogens with zero attached hydrogens (tertiary/aromatic N) is 3.